The fourth-order valence-corrected chi connectivity index (χ4v) is 4.26. The number of nitrogens with zero attached hydrogens (tertiary/aromatic N) is 1. The molecule has 0 amide bonds. The van der Waals surface area contributed by atoms with E-state index in [2.05, 4.69) is 58.1 Å². The highest BCUT2D eigenvalue weighted by Crippen LogP contribution is 2.46. The van der Waals surface area contributed by atoms with Crippen LogP contribution in [0, 0.1) is 22.2 Å². The van der Waals surface area contributed by atoms with Gasteiger partial charge >= 0.3 is 0 Å². The first kappa shape index (κ1) is 16.0. The average Bonchev–Trinajstić information content (AvgIpc) is 2.35. The van der Waals surface area contributed by atoms with Crippen LogP contribution in [0.15, 0.2) is 24.3 Å². The topological polar surface area (TPSA) is 35.8 Å². The van der Waals surface area contributed by atoms with Crippen molar-refractivity contribution >= 4 is 0 Å². The van der Waals surface area contributed by atoms with E-state index in [-0.39, 0.29) is 0 Å². The molecule has 1 N–H and O–H groups in total. The third-order valence-corrected chi connectivity index (χ3v) is 4.58. The summed E-state index contributed by atoms with van der Waals surface area (Å²) >= 11 is 0. The Morgan fingerprint density at radius 3 is 2.10 bits per heavy atom. The third-order valence-electron chi connectivity index (χ3n) is 4.58. The Hall–Kier alpha value is -1.33. The SMILES string of the molecule is CC(NC1CC(C)(C)CC(C)(C)C1)c1ccc(C#N)cc1. The molecule has 114 valence electrons. The van der Waals surface area contributed by atoms with Gasteiger partial charge in [0.25, 0.3) is 0 Å². The van der Waals surface area contributed by atoms with Gasteiger partial charge in [-0.05, 0) is 54.7 Å². The van der Waals surface area contributed by atoms with Gasteiger partial charge in [0.1, 0.15) is 0 Å². The molecule has 1 atom stereocenters. The van der Waals surface area contributed by atoms with Gasteiger partial charge in [-0.1, -0.05) is 39.8 Å². The lowest BCUT2D eigenvalue weighted by Gasteiger charge is -2.46. The van der Waals surface area contributed by atoms with Gasteiger partial charge in [0.15, 0.2) is 0 Å². The summed E-state index contributed by atoms with van der Waals surface area (Å²) in [5, 5.41) is 12.7. The van der Waals surface area contributed by atoms with Crippen molar-refractivity contribution in [3.63, 3.8) is 0 Å². The van der Waals surface area contributed by atoms with Crippen molar-refractivity contribution < 1.29 is 0 Å². The average molecular weight is 284 g/mol. The van der Waals surface area contributed by atoms with E-state index in [0.717, 1.165) is 5.56 Å². The van der Waals surface area contributed by atoms with Crippen LogP contribution < -0.4 is 5.32 Å². The van der Waals surface area contributed by atoms with E-state index in [9.17, 15) is 0 Å². The van der Waals surface area contributed by atoms with Crippen molar-refractivity contribution in [3.8, 4) is 6.07 Å². The summed E-state index contributed by atoms with van der Waals surface area (Å²) in [5.74, 6) is 0. The molecule has 1 aromatic carbocycles. The van der Waals surface area contributed by atoms with Gasteiger partial charge in [0, 0.05) is 12.1 Å². The molecule has 1 aliphatic carbocycles. The number of rotatable bonds is 3. The molecule has 0 aliphatic heterocycles. The highest BCUT2D eigenvalue weighted by Gasteiger charge is 2.38. The maximum Gasteiger partial charge on any atom is 0.0991 e. The van der Waals surface area contributed by atoms with Crippen LogP contribution >= 0.6 is 0 Å². The van der Waals surface area contributed by atoms with E-state index < -0.39 is 0 Å². The molecule has 1 aromatic rings. The molecule has 0 aromatic heterocycles. The maximum atomic E-state index is 8.88. The zero-order valence-corrected chi connectivity index (χ0v) is 14.0. The zero-order chi connectivity index (χ0) is 15.7. The van der Waals surface area contributed by atoms with Crippen LogP contribution in [0.5, 0.6) is 0 Å². The van der Waals surface area contributed by atoms with Crippen molar-refractivity contribution in [1.82, 2.24) is 5.32 Å². The molecule has 0 spiro atoms. The first-order valence-corrected chi connectivity index (χ1v) is 7.97. The number of hydrogen-bond acceptors (Lipinski definition) is 2. The fraction of sp³-hybridized carbons (Fsp3) is 0.632. The van der Waals surface area contributed by atoms with Crippen molar-refractivity contribution in [1.29, 1.82) is 5.26 Å². The number of nitriles is 1. The van der Waals surface area contributed by atoms with Gasteiger partial charge in [-0.3, -0.25) is 0 Å². The molecule has 0 saturated heterocycles. The van der Waals surface area contributed by atoms with Gasteiger partial charge < -0.3 is 5.32 Å². The molecule has 1 fully saturated rings. The standard InChI is InChI=1S/C19H28N2/c1-14(16-8-6-15(12-20)7-9-16)21-17-10-18(2,3)13-19(4,5)11-17/h6-9,14,17,21H,10-11,13H2,1-5H3. The van der Waals surface area contributed by atoms with Crippen LogP contribution in [0.2, 0.25) is 0 Å². The van der Waals surface area contributed by atoms with E-state index in [1.165, 1.54) is 24.8 Å². The Morgan fingerprint density at radius 1 is 1.10 bits per heavy atom. The Bertz CT molecular complexity index is 503. The van der Waals surface area contributed by atoms with Crippen LogP contribution in [0.3, 0.4) is 0 Å². The third kappa shape index (κ3) is 4.32. The van der Waals surface area contributed by atoms with Crippen molar-refractivity contribution in [2.45, 2.75) is 66.0 Å². The Balaban J connectivity index is 2.04. The molecular formula is C19H28N2. The normalized spacial score (nSPS) is 22.5. The van der Waals surface area contributed by atoms with Gasteiger partial charge in [0.05, 0.1) is 11.6 Å². The summed E-state index contributed by atoms with van der Waals surface area (Å²) in [4.78, 5) is 0. The van der Waals surface area contributed by atoms with Gasteiger partial charge in [0.2, 0.25) is 0 Å². The summed E-state index contributed by atoms with van der Waals surface area (Å²) in [5.41, 5.74) is 2.80. The van der Waals surface area contributed by atoms with Crippen LogP contribution in [0.4, 0.5) is 0 Å². The largest absolute Gasteiger partial charge is 0.307 e. The van der Waals surface area contributed by atoms with Crippen LogP contribution in [0.25, 0.3) is 0 Å². The molecule has 1 unspecified atom stereocenters. The predicted molar refractivity (Wildman–Crippen MR) is 87.9 cm³/mol. The smallest absolute Gasteiger partial charge is 0.0991 e. The minimum atomic E-state index is 0.326. The minimum absolute atomic E-state index is 0.326. The Morgan fingerprint density at radius 2 is 1.62 bits per heavy atom. The minimum Gasteiger partial charge on any atom is -0.307 e. The highest BCUT2D eigenvalue weighted by atomic mass is 15.0. The summed E-state index contributed by atoms with van der Waals surface area (Å²) in [6, 6.07) is 11.0. The first-order valence-electron chi connectivity index (χ1n) is 7.97. The molecule has 2 heteroatoms. The Labute approximate surface area is 129 Å². The zero-order valence-electron chi connectivity index (χ0n) is 14.0. The van der Waals surface area contributed by atoms with Gasteiger partial charge in [-0.15, -0.1) is 0 Å². The van der Waals surface area contributed by atoms with Crippen molar-refractivity contribution in [2.24, 2.45) is 10.8 Å². The van der Waals surface area contributed by atoms with E-state index in [1.807, 2.05) is 12.1 Å². The van der Waals surface area contributed by atoms with Crippen molar-refractivity contribution in [2.75, 3.05) is 0 Å². The molecule has 2 rings (SSSR count). The van der Waals surface area contributed by atoms with E-state index in [1.54, 1.807) is 0 Å². The van der Waals surface area contributed by atoms with E-state index in [4.69, 9.17) is 5.26 Å². The summed E-state index contributed by atoms with van der Waals surface area (Å²) in [7, 11) is 0. The maximum absolute atomic E-state index is 8.88. The number of benzene rings is 1. The van der Waals surface area contributed by atoms with Gasteiger partial charge in [-0.25, -0.2) is 0 Å². The lowest BCUT2D eigenvalue weighted by Crippen LogP contribution is -2.44. The van der Waals surface area contributed by atoms with E-state index in [0.29, 0.717) is 22.9 Å². The lowest BCUT2D eigenvalue weighted by molar-refractivity contribution is 0.0811. The van der Waals surface area contributed by atoms with Crippen LogP contribution in [-0.2, 0) is 0 Å². The summed E-state index contributed by atoms with van der Waals surface area (Å²) < 4.78 is 0. The van der Waals surface area contributed by atoms with E-state index >= 15 is 0 Å². The molecule has 0 heterocycles. The molecular weight excluding hydrogens is 256 g/mol. The molecule has 1 saturated carbocycles. The molecule has 2 nitrogen and oxygen atoms in total. The molecule has 0 bridgehead atoms. The first-order chi connectivity index (χ1) is 9.71. The molecule has 21 heavy (non-hydrogen) atoms. The predicted octanol–water partition coefficient (Wildman–Crippen LogP) is 4.81. The Kier molecular flexibility index (Phi) is 4.44. The quantitative estimate of drug-likeness (QED) is 0.864. The second-order valence-electron chi connectivity index (χ2n) is 8.23. The molecule has 0 radical (unpaired) electrons. The summed E-state index contributed by atoms with van der Waals surface area (Å²) in [6.07, 6.45) is 3.76. The van der Waals surface area contributed by atoms with Crippen LogP contribution in [0.1, 0.15) is 71.0 Å². The number of hydrogen-bond donors (Lipinski definition) is 1. The van der Waals surface area contributed by atoms with Crippen LogP contribution in [-0.4, -0.2) is 6.04 Å². The monoisotopic (exact) mass is 284 g/mol. The molecule has 1 aliphatic rings. The fourth-order valence-electron chi connectivity index (χ4n) is 4.26. The second-order valence-corrected chi connectivity index (χ2v) is 8.23. The number of nitrogens with one attached hydrogen (secondary N) is 1. The second kappa shape index (κ2) is 5.81. The highest BCUT2D eigenvalue weighted by molar-refractivity contribution is 5.32. The van der Waals surface area contributed by atoms with Gasteiger partial charge in [-0.2, -0.15) is 5.26 Å². The summed E-state index contributed by atoms with van der Waals surface area (Å²) in [6.45, 7) is 11.8. The lowest BCUT2D eigenvalue weighted by atomic mass is 9.63. The van der Waals surface area contributed by atoms with Crippen molar-refractivity contribution in [3.05, 3.63) is 35.4 Å².